The number of nitrogens with zero attached hydrogens (tertiary/aromatic N) is 2. The van der Waals surface area contributed by atoms with Gasteiger partial charge in [0.2, 0.25) is 11.8 Å². The van der Waals surface area contributed by atoms with Crippen molar-refractivity contribution in [1.29, 1.82) is 0 Å². The van der Waals surface area contributed by atoms with Crippen LogP contribution in [0.15, 0.2) is 76.4 Å². The Labute approximate surface area is 177 Å². The van der Waals surface area contributed by atoms with Crippen LogP contribution >= 0.6 is 23.4 Å². The highest BCUT2D eigenvalue weighted by Crippen LogP contribution is 2.28. The summed E-state index contributed by atoms with van der Waals surface area (Å²) >= 11 is 7.34. The van der Waals surface area contributed by atoms with Gasteiger partial charge in [0, 0.05) is 0 Å². The van der Waals surface area contributed by atoms with Gasteiger partial charge >= 0.3 is 0 Å². The first-order valence-corrected chi connectivity index (χ1v) is 10.5. The van der Waals surface area contributed by atoms with Crippen LogP contribution < -0.4 is 5.32 Å². The van der Waals surface area contributed by atoms with Gasteiger partial charge in [0.05, 0.1) is 22.4 Å². The molecule has 0 radical (unpaired) electrons. The Morgan fingerprint density at radius 3 is 2.66 bits per heavy atom. The lowest BCUT2D eigenvalue weighted by atomic mass is 10.0. The van der Waals surface area contributed by atoms with Crippen molar-refractivity contribution < 1.29 is 9.21 Å². The van der Waals surface area contributed by atoms with Gasteiger partial charge in [0.15, 0.2) is 0 Å². The third-order valence-electron chi connectivity index (χ3n) is 4.49. The Hall–Kier alpha value is -2.83. The zero-order chi connectivity index (χ0) is 20.2. The minimum Gasteiger partial charge on any atom is -0.411 e. The van der Waals surface area contributed by atoms with Crippen LogP contribution in [0.2, 0.25) is 5.02 Å². The fraction of sp³-hybridized carbons (Fsp3) is 0.136. The molecular weight excluding hydrogens is 406 g/mol. The molecule has 0 bridgehead atoms. The number of thioether (sulfide) groups is 1. The first-order chi connectivity index (χ1) is 14.1. The number of halogens is 1. The smallest absolute Gasteiger partial charge is 0.277 e. The number of rotatable bonds is 6. The molecule has 1 unspecified atom stereocenters. The minimum atomic E-state index is -0.104. The van der Waals surface area contributed by atoms with Gasteiger partial charge in [0.1, 0.15) is 0 Å². The lowest BCUT2D eigenvalue weighted by Crippen LogP contribution is -2.28. The number of fused-ring (bicyclic) bond motifs is 1. The van der Waals surface area contributed by atoms with Gasteiger partial charge in [-0.3, -0.25) is 4.79 Å². The molecule has 146 valence electrons. The third-order valence-corrected chi connectivity index (χ3v) is 5.64. The molecule has 4 aromatic rings. The Kier molecular flexibility index (Phi) is 5.83. The topological polar surface area (TPSA) is 68.0 Å². The number of hydrogen-bond acceptors (Lipinski definition) is 5. The van der Waals surface area contributed by atoms with E-state index in [1.807, 2.05) is 43.3 Å². The standard InChI is InChI=1S/C22H18ClN3O2S/c1-14(16-11-10-15-6-2-3-7-17(15)12-16)24-20(27)13-29-22-26-25-21(28-22)18-8-4-5-9-19(18)23/h2-12,14H,13H2,1H3,(H,24,27). The van der Waals surface area contributed by atoms with Gasteiger partial charge in [-0.15, -0.1) is 10.2 Å². The predicted molar refractivity (Wildman–Crippen MR) is 116 cm³/mol. The maximum absolute atomic E-state index is 12.4. The number of carbonyl (C=O) groups is 1. The molecule has 1 amide bonds. The van der Waals surface area contributed by atoms with E-state index in [0.29, 0.717) is 21.7 Å². The molecule has 7 heteroatoms. The molecule has 0 aliphatic rings. The van der Waals surface area contributed by atoms with Gasteiger partial charge in [0.25, 0.3) is 5.22 Å². The second kappa shape index (κ2) is 8.68. The monoisotopic (exact) mass is 423 g/mol. The number of amides is 1. The van der Waals surface area contributed by atoms with Crippen molar-refractivity contribution in [2.75, 3.05) is 5.75 Å². The zero-order valence-electron chi connectivity index (χ0n) is 15.6. The normalized spacial score (nSPS) is 12.1. The predicted octanol–water partition coefficient (Wildman–Crippen LogP) is 5.51. The number of carbonyl (C=O) groups excluding carboxylic acids is 1. The summed E-state index contributed by atoms with van der Waals surface area (Å²) < 4.78 is 5.62. The Morgan fingerprint density at radius 1 is 1.07 bits per heavy atom. The lowest BCUT2D eigenvalue weighted by Gasteiger charge is -2.14. The van der Waals surface area contributed by atoms with Crippen LogP contribution in [0.4, 0.5) is 0 Å². The fourth-order valence-corrected chi connectivity index (χ4v) is 3.77. The summed E-state index contributed by atoms with van der Waals surface area (Å²) in [5.41, 5.74) is 1.73. The summed E-state index contributed by atoms with van der Waals surface area (Å²) in [6.07, 6.45) is 0. The number of benzene rings is 3. The molecule has 1 atom stereocenters. The summed E-state index contributed by atoms with van der Waals surface area (Å²) in [5, 5.41) is 14.2. The van der Waals surface area contributed by atoms with E-state index in [0.717, 1.165) is 10.9 Å². The molecule has 0 saturated carbocycles. The number of aromatic nitrogens is 2. The Bertz CT molecular complexity index is 1160. The van der Waals surface area contributed by atoms with E-state index in [1.165, 1.54) is 17.1 Å². The van der Waals surface area contributed by atoms with Gasteiger partial charge in [-0.2, -0.15) is 0 Å². The summed E-state index contributed by atoms with van der Waals surface area (Å²) in [5.74, 6) is 0.415. The van der Waals surface area contributed by atoms with Gasteiger partial charge in [-0.1, -0.05) is 71.9 Å². The SMILES string of the molecule is CC(NC(=O)CSc1nnc(-c2ccccc2Cl)o1)c1ccc2ccccc2c1. The van der Waals surface area contributed by atoms with Crippen LogP contribution in [-0.4, -0.2) is 21.9 Å². The highest BCUT2D eigenvalue weighted by Gasteiger charge is 2.15. The molecule has 0 aliphatic carbocycles. The van der Waals surface area contributed by atoms with Gasteiger partial charge in [-0.05, 0) is 41.5 Å². The van der Waals surface area contributed by atoms with Crippen LogP contribution in [-0.2, 0) is 4.79 Å². The van der Waals surface area contributed by atoms with E-state index in [-0.39, 0.29) is 17.7 Å². The Balaban J connectivity index is 1.35. The minimum absolute atomic E-state index is 0.103. The highest BCUT2D eigenvalue weighted by molar-refractivity contribution is 7.99. The zero-order valence-corrected chi connectivity index (χ0v) is 17.2. The van der Waals surface area contributed by atoms with E-state index in [1.54, 1.807) is 6.07 Å². The van der Waals surface area contributed by atoms with Crippen LogP contribution in [0.3, 0.4) is 0 Å². The molecule has 1 N–H and O–H groups in total. The van der Waals surface area contributed by atoms with E-state index in [4.69, 9.17) is 16.0 Å². The number of nitrogens with one attached hydrogen (secondary N) is 1. The van der Waals surface area contributed by atoms with Crippen molar-refractivity contribution in [3.8, 4) is 11.5 Å². The van der Waals surface area contributed by atoms with Crippen LogP contribution in [0.1, 0.15) is 18.5 Å². The molecule has 1 heterocycles. The van der Waals surface area contributed by atoms with Crippen molar-refractivity contribution in [3.05, 3.63) is 77.3 Å². The molecule has 0 spiro atoms. The Morgan fingerprint density at radius 2 is 1.83 bits per heavy atom. The molecule has 3 aromatic carbocycles. The molecule has 4 rings (SSSR count). The second-order valence-electron chi connectivity index (χ2n) is 6.54. The van der Waals surface area contributed by atoms with Crippen molar-refractivity contribution >= 4 is 40.0 Å². The lowest BCUT2D eigenvalue weighted by molar-refractivity contribution is -0.119. The number of hydrogen-bond donors (Lipinski definition) is 1. The summed E-state index contributed by atoms with van der Waals surface area (Å²) in [6, 6.07) is 21.5. The maximum Gasteiger partial charge on any atom is 0.277 e. The molecule has 1 aromatic heterocycles. The molecule has 0 aliphatic heterocycles. The molecule has 0 saturated heterocycles. The van der Waals surface area contributed by atoms with Gasteiger partial charge in [-0.25, -0.2) is 0 Å². The van der Waals surface area contributed by atoms with E-state index < -0.39 is 0 Å². The van der Waals surface area contributed by atoms with Crippen molar-refractivity contribution in [2.45, 2.75) is 18.2 Å². The van der Waals surface area contributed by atoms with Crippen molar-refractivity contribution in [3.63, 3.8) is 0 Å². The quantitative estimate of drug-likeness (QED) is 0.414. The fourth-order valence-electron chi connectivity index (χ4n) is 2.98. The summed E-state index contributed by atoms with van der Waals surface area (Å²) in [6.45, 7) is 1.97. The average Bonchev–Trinajstić information content (AvgIpc) is 3.21. The van der Waals surface area contributed by atoms with E-state index in [9.17, 15) is 4.79 Å². The van der Waals surface area contributed by atoms with Gasteiger partial charge < -0.3 is 9.73 Å². The van der Waals surface area contributed by atoms with Crippen LogP contribution in [0.5, 0.6) is 0 Å². The molecule has 0 fully saturated rings. The molecule has 29 heavy (non-hydrogen) atoms. The maximum atomic E-state index is 12.4. The van der Waals surface area contributed by atoms with Crippen LogP contribution in [0.25, 0.3) is 22.2 Å². The summed E-state index contributed by atoms with van der Waals surface area (Å²) in [4.78, 5) is 12.4. The van der Waals surface area contributed by atoms with E-state index in [2.05, 4.69) is 39.8 Å². The second-order valence-corrected chi connectivity index (χ2v) is 7.87. The first-order valence-electron chi connectivity index (χ1n) is 9.09. The summed E-state index contributed by atoms with van der Waals surface area (Å²) in [7, 11) is 0. The first kappa shape index (κ1) is 19.5. The highest BCUT2D eigenvalue weighted by atomic mass is 35.5. The third kappa shape index (κ3) is 4.60. The van der Waals surface area contributed by atoms with Crippen molar-refractivity contribution in [2.24, 2.45) is 0 Å². The average molecular weight is 424 g/mol. The molecular formula is C22H18ClN3O2S. The van der Waals surface area contributed by atoms with E-state index >= 15 is 0 Å². The largest absolute Gasteiger partial charge is 0.411 e. The van der Waals surface area contributed by atoms with Crippen molar-refractivity contribution in [1.82, 2.24) is 15.5 Å². The van der Waals surface area contributed by atoms with Crippen LogP contribution in [0, 0.1) is 0 Å². The molecule has 5 nitrogen and oxygen atoms in total.